The van der Waals surface area contributed by atoms with Crippen molar-refractivity contribution in [1.82, 2.24) is 14.9 Å². The van der Waals surface area contributed by atoms with E-state index in [1.54, 1.807) is 0 Å². The first-order valence-electron chi connectivity index (χ1n) is 13.1. The number of carbonyl (C=O) groups is 1. The maximum atomic E-state index is 12.5. The largest absolute Gasteiger partial charge is 0.463 e. The van der Waals surface area contributed by atoms with E-state index in [-0.39, 0.29) is 25.6 Å². The first-order valence-corrected chi connectivity index (χ1v) is 13.1. The van der Waals surface area contributed by atoms with Crippen molar-refractivity contribution in [2.75, 3.05) is 36.9 Å². The summed E-state index contributed by atoms with van der Waals surface area (Å²) in [5.41, 5.74) is 11.8. The highest BCUT2D eigenvalue weighted by atomic mass is 16.5. The molecule has 1 aromatic heterocycles. The molecule has 0 saturated carbocycles. The van der Waals surface area contributed by atoms with Gasteiger partial charge >= 0.3 is 6.01 Å². The van der Waals surface area contributed by atoms with Gasteiger partial charge in [-0.3, -0.25) is 9.69 Å². The van der Waals surface area contributed by atoms with E-state index in [0.29, 0.717) is 36.9 Å². The summed E-state index contributed by atoms with van der Waals surface area (Å²) in [5.74, 6) is 1.14. The third kappa shape index (κ3) is 6.46. The zero-order valence-corrected chi connectivity index (χ0v) is 21.1. The van der Waals surface area contributed by atoms with Gasteiger partial charge in [0.05, 0.1) is 13.2 Å². The maximum Gasteiger partial charge on any atom is 0.320 e. The lowest BCUT2D eigenvalue weighted by atomic mass is 10.0. The quantitative estimate of drug-likeness (QED) is 0.400. The fourth-order valence-electron chi connectivity index (χ4n) is 5.01. The lowest BCUT2D eigenvalue weighted by Gasteiger charge is -2.30. The molecular formula is C30H39N5O2. The predicted octanol–water partition coefficient (Wildman–Crippen LogP) is 5.27. The Hall–Kier alpha value is -3.45. The zero-order chi connectivity index (χ0) is 24.9. The Morgan fingerprint density at radius 2 is 1.76 bits per heavy atom. The minimum atomic E-state index is 0. The van der Waals surface area contributed by atoms with Crippen LogP contribution in [0, 0.1) is 0 Å². The molecule has 1 fully saturated rings. The number of Topliss-reactive ketones (excluding diaryl/α,β-unsaturated/α-hetero) is 1. The number of carbonyl (C=O) groups excluding carboxylic acids is 1. The number of unbranched alkanes of at least 4 members (excludes halogenated alkanes) is 1. The molecular weight excluding hydrogens is 462 g/mol. The number of nitrogens with zero attached hydrogens (tertiary/aromatic N) is 4. The van der Waals surface area contributed by atoms with Gasteiger partial charge in [-0.1, -0.05) is 63.2 Å². The summed E-state index contributed by atoms with van der Waals surface area (Å²) in [6.45, 7) is 6.94. The molecule has 2 aliphatic heterocycles. The molecule has 1 saturated heterocycles. The van der Waals surface area contributed by atoms with Gasteiger partial charge in [0.25, 0.3) is 0 Å². The van der Waals surface area contributed by atoms with Crippen LogP contribution in [0.5, 0.6) is 6.01 Å². The van der Waals surface area contributed by atoms with E-state index in [0.717, 1.165) is 24.9 Å². The predicted molar refractivity (Wildman–Crippen MR) is 150 cm³/mol. The number of fused-ring (bicyclic) bond motifs is 1. The first-order chi connectivity index (χ1) is 17.6. The van der Waals surface area contributed by atoms with Gasteiger partial charge < -0.3 is 15.4 Å². The Morgan fingerprint density at radius 1 is 0.973 bits per heavy atom. The van der Waals surface area contributed by atoms with Gasteiger partial charge in [-0.2, -0.15) is 9.97 Å². The van der Waals surface area contributed by atoms with Gasteiger partial charge in [-0.15, -0.1) is 0 Å². The summed E-state index contributed by atoms with van der Waals surface area (Å²) in [6, 6.07) is 17.7. The van der Waals surface area contributed by atoms with Gasteiger partial charge in [0.2, 0.25) is 0 Å². The SMILES string of the molecule is C.CCCCOc1nc(N)c2c(n1)N(Cc1ccc(-c3cccc(CN4CCCC4)c3)cc1)CC(=O)C2. The Kier molecular flexibility index (Phi) is 8.77. The average Bonchev–Trinajstić information content (AvgIpc) is 3.39. The lowest BCUT2D eigenvalue weighted by Crippen LogP contribution is -2.36. The monoisotopic (exact) mass is 501 g/mol. The Morgan fingerprint density at radius 3 is 2.51 bits per heavy atom. The molecule has 37 heavy (non-hydrogen) atoms. The van der Waals surface area contributed by atoms with Gasteiger partial charge in [0, 0.05) is 25.1 Å². The second-order valence-corrected chi connectivity index (χ2v) is 9.85. The number of hydrogen-bond donors (Lipinski definition) is 1. The molecule has 5 rings (SSSR count). The van der Waals surface area contributed by atoms with E-state index in [1.165, 1.54) is 42.6 Å². The molecule has 2 N–H and O–H groups in total. The van der Waals surface area contributed by atoms with Crippen LogP contribution >= 0.6 is 0 Å². The van der Waals surface area contributed by atoms with E-state index >= 15 is 0 Å². The van der Waals surface area contributed by atoms with Crippen LogP contribution in [-0.2, 0) is 24.3 Å². The van der Waals surface area contributed by atoms with Crippen molar-refractivity contribution in [2.45, 2.75) is 59.5 Å². The number of anilines is 2. The van der Waals surface area contributed by atoms with Crippen LogP contribution < -0.4 is 15.4 Å². The molecule has 0 bridgehead atoms. The van der Waals surface area contributed by atoms with Crippen LogP contribution in [0.4, 0.5) is 11.6 Å². The highest BCUT2D eigenvalue weighted by molar-refractivity contribution is 5.91. The third-order valence-corrected chi connectivity index (χ3v) is 6.96. The van der Waals surface area contributed by atoms with Crippen LogP contribution in [0.25, 0.3) is 11.1 Å². The van der Waals surface area contributed by atoms with Crippen LogP contribution in [0.1, 0.15) is 56.7 Å². The molecule has 0 unspecified atom stereocenters. The molecule has 0 radical (unpaired) electrons. The van der Waals surface area contributed by atoms with Gasteiger partial charge in [0.1, 0.15) is 11.6 Å². The summed E-state index contributed by atoms with van der Waals surface area (Å²) in [7, 11) is 0. The lowest BCUT2D eigenvalue weighted by molar-refractivity contribution is -0.117. The van der Waals surface area contributed by atoms with Crippen molar-refractivity contribution in [2.24, 2.45) is 0 Å². The molecule has 0 atom stereocenters. The van der Waals surface area contributed by atoms with Crippen molar-refractivity contribution in [1.29, 1.82) is 0 Å². The fraction of sp³-hybridized carbons (Fsp3) is 0.433. The summed E-state index contributed by atoms with van der Waals surface area (Å²) in [6.07, 6.45) is 4.83. The van der Waals surface area contributed by atoms with Crippen LogP contribution in [0.15, 0.2) is 48.5 Å². The Labute approximate surface area is 220 Å². The van der Waals surface area contributed by atoms with Crippen LogP contribution in [-0.4, -0.2) is 46.9 Å². The third-order valence-electron chi connectivity index (χ3n) is 6.96. The van der Waals surface area contributed by atoms with E-state index in [9.17, 15) is 4.79 Å². The summed E-state index contributed by atoms with van der Waals surface area (Å²) < 4.78 is 5.72. The highest BCUT2D eigenvalue weighted by Crippen LogP contribution is 2.31. The molecule has 7 heteroatoms. The number of hydrogen-bond acceptors (Lipinski definition) is 7. The molecule has 0 spiro atoms. The highest BCUT2D eigenvalue weighted by Gasteiger charge is 2.27. The number of rotatable bonds is 9. The van der Waals surface area contributed by atoms with Gasteiger partial charge in [-0.05, 0) is 60.7 Å². The molecule has 0 aliphatic carbocycles. The summed E-state index contributed by atoms with van der Waals surface area (Å²) in [4.78, 5) is 25.9. The molecule has 2 aliphatic rings. The zero-order valence-electron chi connectivity index (χ0n) is 21.1. The van der Waals surface area contributed by atoms with Crippen LogP contribution in [0.3, 0.4) is 0 Å². The number of benzene rings is 2. The molecule has 7 nitrogen and oxygen atoms in total. The minimum absolute atomic E-state index is 0. The summed E-state index contributed by atoms with van der Waals surface area (Å²) in [5, 5.41) is 0. The second kappa shape index (κ2) is 12.2. The standard InChI is InChI=1S/C29H35N5O2.CH4/c1-2-3-15-36-29-31-27(30)26-17-25(35)20-34(28(26)32-29)19-21-9-11-23(12-10-21)24-8-6-7-22(16-24)18-33-13-4-5-14-33;/h6-12,16H,2-5,13-15,17-20H2,1H3,(H2,30,31,32);1H4. The number of ether oxygens (including phenoxy) is 1. The van der Waals surface area contributed by atoms with Gasteiger partial charge in [-0.25, -0.2) is 0 Å². The number of nitrogen functional groups attached to an aromatic ring is 1. The Balaban J connectivity index is 0.00000320. The van der Waals surface area contributed by atoms with Crippen molar-refractivity contribution < 1.29 is 9.53 Å². The Bertz CT molecular complexity index is 1210. The van der Waals surface area contributed by atoms with Crippen molar-refractivity contribution in [3.8, 4) is 17.1 Å². The molecule has 3 heterocycles. The minimum Gasteiger partial charge on any atom is -0.463 e. The number of likely N-dealkylation sites (tertiary alicyclic amines) is 1. The van der Waals surface area contributed by atoms with Crippen molar-refractivity contribution >= 4 is 17.4 Å². The molecule has 2 aromatic carbocycles. The molecule has 196 valence electrons. The average molecular weight is 502 g/mol. The van der Waals surface area contributed by atoms with Crippen molar-refractivity contribution in [3.63, 3.8) is 0 Å². The smallest absolute Gasteiger partial charge is 0.320 e. The van der Waals surface area contributed by atoms with Crippen molar-refractivity contribution in [3.05, 3.63) is 65.2 Å². The van der Waals surface area contributed by atoms with Gasteiger partial charge in [0.15, 0.2) is 5.78 Å². The fourth-order valence-corrected chi connectivity index (χ4v) is 5.01. The molecule has 3 aromatic rings. The second-order valence-electron chi connectivity index (χ2n) is 9.85. The number of nitrogens with two attached hydrogens (primary N) is 1. The van der Waals surface area contributed by atoms with E-state index in [1.807, 2.05) is 4.90 Å². The van der Waals surface area contributed by atoms with E-state index in [4.69, 9.17) is 10.5 Å². The first kappa shape index (κ1) is 26.6. The number of ketones is 1. The van der Waals surface area contributed by atoms with E-state index < -0.39 is 0 Å². The van der Waals surface area contributed by atoms with E-state index in [2.05, 4.69) is 70.3 Å². The van der Waals surface area contributed by atoms with Crippen LogP contribution in [0.2, 0.25) is 0 Å². The topological polar surface area (TPSA) is 84.6 Å². The molecule has 0 amide bonds. The maximum absolute atomic E-state index is 12.5. The number of aromatic nitrogens is 2. The summed E-state index contributed by atoms with van der Waals surface area (Å²) >= 11 is 0. The normalized spacial score (nSPS) is 15.4.